The first-order chi connectivity index (χ1) is 9.43. The van der Waals surface area contributed by atoms with Crippen LogP contribution in [0.3, 0.4) is 0 Å². The van der Waals surface area contributed by atoms with Crippen molar-refractivity contribution in [1.29, 1.82) is 0 Å². The molecule has 0 bridgehead atoms. The van der Waals surface area contributed by atoms with Crippen LogP contribution in [0.5, 0.6) is 5.75 Å². The minimum Gasteiger partial charge on any atom is -0.478 e. The first-order valence-electron chi connectivity index (χ1n) is 6.97. The third-order valence-corrected chi connectivity index (χ3v) is 3.76. The van der Waals surface area contributed by atoms with Crippen molar-refractivity contribution in [2.75, 3.05) is 11.4 Å². The maximum Gasteiger partial charge on any atom is 0.268 e. The Hall–Kier alpha value is -1.26. The smallest absolute Gasteiger partial charge is 0.268 e. The van der Waals surface area contributed by atoms with Crippen LogP contribution in [0.2, 0.25) is 5.02 Å². The monoisotopic (exact) mass is 296 g/mol. The van der Waals surface area contributed by atoms with Crippen molar-refractivity contribution in [1.82, 2.24) is 0 Å². The van der Waals surface area contributed by atoms with Crippen LogP contribution < -0.4 is 15.4 Å². The number of anilines is 1. The molecule has 1 aromatic carbocycles. The number of hydrogen-bond acceptors (Lipinski definition) is 3. The van der Waals surface area contributed by atoms with Gasteiger partial charge in [-0.25, -0.2) is 0 Å². The van der Waals surface area contributed by atoms with E-state index in [1.165, 1.54) is 0 Å². The molecule has 4 nitrogen and oxygen atoms in total. The normalized spacial score (nSPS) is 19.8. The van der Waals surface area contributed by atoms with E-state index in [4.69, 9.17) is 22.1 Å². The molecule has 1 amide bonds. The quantitative estimate of drug-likeness (QED) is 0.929. The van der Waals surface area contributed by atoms with Gasteiger partial charge in [0.15, 0.2) is 6.10 Å². The summed E-state index contributed by atoms with van der Waals surface area (Å²) in [6.45, 7) is 6.44. The molecule has 0 aromatic heterocycles. The summed E-state index contributed by atoms with van der Waals surface area (Å²) in [5.41, 5.74) is 6.73. The average molecular weight is 297 g/mol. The molecule has 2 atom stereocenters. The summed E-state index contributed by atoms with van der Waals surface area (Å²) in [5, 5.41) is 0.582. The number of carbonyl (C=O) groups is 1. The summed E-state index contributed by atoms with van der Waals surface area (Å²) < 4.78 is 5.82. The van der Waals surface area contributed by atoms with Gasteiger partial charge in [-0.2, -0.15) is 0 Å². The average Bonchev–Trinajstić information content (AvgIpc) is 2.41. The maximum atomic E-state index is 12.6. The number of ether oxygens (including phenoxy) is 1. The fraction of sp³-hybridized carbons (Fsp3) is 0.533. The summed E-state index contributed by atoms with van der Waals surface area (Å²) in [4.78, 5) is 14.3. The SMILES string of the molecule is CCC(N)CN1C(=O)C(C(C)C)Oc2ccc(Cl)cc21. The van der Waals surface area contributed by atoms with Gasteiger partial charge in [-0.05, 0) is 30.5 Å². The van der Waals surface area contributed by atoms with Gasteiger partial charge >= 0.3 is 0 Å². The molecule has 1 aliphatic rings. The van der Waals surface area contributed by atoms with E-state index < -0.39 is 6.10 Å². The molecule has 0 spiro atoms. The number of carbonyl (C=O) groups excluding carboxylic acids is 1. The zero-order valence-corrected chi connectivity index (χ0v) is 12.9. The van der Waals surface area contributed by atoms with E-state index in [-0.39, 0.29) is 17.9 Å². The highest BCUT2D eigenvalue weighted by Crippen LogP contribution is 2.37. The van der Waals surface area contributed by atoms with E-state index in [9.17, 15) is 4.79 Å². The van der Waals surface area contributed by atoms with E-state index in [1.54, 1.807) is 17.0 Å². The van der Waals surface area contributed by atoms with Crippen molar-refractivity contribution in [2.24, 2.45) is 11.7 Å². The van der Waals surface area contributed by atoms with Gasteiger partial charge < -0.3 is 15.4 Å². The van der Waals surface area contributed by atoms with Gasteiger partial charge in [-0.15, -0.1) is 0 Å². The topological polar surface area (TPSA) is 55.6 Å². The number of halogens is 1. The fourth-order valence-corrected chi connectivity index (χ4v) is 2.40. The van der Waals surface area contributed by atoms with Crippen LogP contribution in [0.25, 0.3) is 0 Å². The summed E-state index contributed by atoms with van der Waals surface area (Å²) in [5.74, 6) is 0.751. The third kappa shape index (κ3) is 2.91. The molecule has 1 heterocycles. The fourth-order valence-electron chi connectivity index (χ4n) is 2.23. The Kier molecular flexibility index (Phi) is 4.55. The van der Waals surface area contributed by atoms with Crippen molar-refractivity contribution < 1.29 is 9.53 Å². The first-order valence-corrected chi connectivity index (χ1v) is 7.35. The molecule has 0 aliphatic carbocycles. The van der Waals surface area contributed by atoms with Gasteiger partial charge in [0.2, 0.25) is 0 Å². The predicted molar refractivity (Wildman–Crippen MR) is 81.3 cm³/mol. The molecule has 110 valence electrons. The van der Waals surface area contributed by atoms with Crippen molar-refractivity contribution in [3.8, 4) is 5.75 Å². The highest BCUT2D eigenvalue weighted by atomic mass is 35.5. The van der Waals surface area contributed by atoms with Gasteiger partial charge in [0.05, 0.1) is 5.69 Å². The lowest BCUT2D eigenvalue weighted by molar-refractivity contribution is -0.128. The molecule has 0 fully saturated rings. The molecule has 2 rings (SSSR count). The van der Waals surface area contributed by atoms with Gasteiger partial charge in [-0.3, -0.25) is 4.79 Å². The van der Waals surface area contributed by atoms with E-state index in [0.29, 0.717) is 23.0 Å². The molecule has 2 unspecified atom stereocenters. The molecular formula is C15H21ClN2O2. The number of nitrogens with two attached hydrogens (primary N) is 1. The Balaban J connectivity index is 2.40. The second-order valence-corrected chi connectivity index (χ2v) is 5.95. The molecule has 0 saturated carbocycles. The van der Waals surface area contributed by atoms with Crippen LogP contribution in [-0.2, 0) is 4.79 Å². The predicted octanol–water partition coefficient (Wildman–Crippen LogP) is 2.83. The number of hydrogen-bond donors (Lipinski definition) is 1. The molecule has 5 heteroatoms. The lowest BCUT2D eigenvalue weighted by atomic mass is 10.0. The van der Waals surface area contributed by atoms with Crippen molar-refractivity contribution in [2.45, 2.75) is 39.3 Å². The Bertz CT molecular complexity index is 505. The molecule has 1 aromatic rings. The molecule has 1 aliphatic heterocycles. The Morgan fingerprint density at radius 2 is 2.15 bits per heavy atom. The summed E-state index contributed by atoms with van der Waals surface area (Å²) in [6.07, 6.45) is 0.347. The van der Waals surface area contributed by atoms with Crippen LogP contribution in [0, 0.1) is 5.92 Å². The van der Waals surface area contributed by atoms with Crippen molar-refractivity contribution >= 4 is 23.2 Å². The lowest BCUT2D eigenvalue weighted by Gasteiger charge is -2.37. The Labute approximate surface area is 124 Å². The third-order valence-electron chi connectivity index (χ3n) is 3.52. The second-order valence-electron chi connectivity index (χ2n) is 5.51. The minimum absolute atomic E-state index is 0.0429. The second kappa shape index (κ2) is 6.02. The van der Waals surface area contributed by atoms with Gasteiger partial charge in [0.1, 0.15) is 5.75 Å². The largest absolute Gasteiger partial charge is 0.478 e. The maximum absolute atomic E-state index is 12.6. The van der Waals surface area contributed by atoms with E-state index in [0.717, 1.165) is 6.42 Å². The standard InChI is InChI=1S/C15H21ClN2O2/c1-4-11(17)8-18-12-7-10(16)5-6-13(12)20-14(9(2)3)15(18)19/h5-7,9,11,14H,4,8,17H2,1-3H3. The number of benzene rings is 1. The zero-order valence-electron chi connectivity index (χ0n) is 12.1. The highest BCUT2D eigenvalue weighted by molar-refractivity contribution is 6.31. The zero-order chi connectivity index (χ0) is 14.9. The van der Waals surface area contributed by atoms with Crippen molar-refractivity contribution in [3.05, 3.63) is 23.2 Å². The van der Waals surface area contributed by atoms with Crippen LogP contribution in [0.15, 0.2) is 18.2 Å². The van der Waals surface area contributed by atoms with Gasteiger partial charge in [0.25, 0.3) is 5.91 Å². The summed E-state index contributed by atoms with van der Waals surface area (Å²) >= 11 is 6.03. The number of amides is 1. The summed E-state index contributed by atoms with van der Waals surface area (Å²) in [6, 6.07) is 5.28. The minimum atomic E-state index is -0.465. The van der Waals surface area contributed by atoms with Gasteiger partial charge in [-0.1, -0.05) is 32.4 Å². The van der Waals surface area contributed by atoms with Crippen LogP contribution in [0.1, 0.15) is 27.2 Å². The van der Waals surface area contributed by atoms with Crippen LogP contribution >= 0.6 is 11.6 Å². The Morgan fingerprint density at radius 1 is 1.45 bits per heavy atom. The first kappa shape index (κ1) is 15.1. The summed E-state index contributed by atoms with van der Waals surface area (Å²) in [7, 11) is 0. The van der Waals surface area contributed by atoms with Crippen LogP contribution in [0.4, 0.5) is 5.69 Å². The number of nitrogens with zero attached hydrogens (tertiary/aromatic N) is 1. The highest BCUT2D eigenvalue weighted by Gasteiger charge is 2.36. The lowest BCUT2D eigenvalue weighted by Crippen LogP contribution is -2.51. The van der Waals surface area contributed by atoms with E-state index >= 15 is 0 Å². The van der Waals surface area contributed by atoms with Crippen molar-refractivity contribution in [3.63, 3.8) is 0 Å². The Morgan fingerprint density at radius 3 is 2.75 bits per heavy atom. The molecular weight excluding hydrogens is 276 g/mol. The van der Waals surface area contributed by atoms with E-state index in [1.807, 2.05) is 26.8 Å². The molecule has 0 radical (unpaired) electrons. The number of rotatable bonds is 4. The number of fused-ring (bicyclic) bond motifs is 1. The molecule has 0 saturated heterocycles. The van der Waals surface area contributed by atoms with Crippen LogP contribution in [-0.4, -0.2) is 24.6 Å². The van der Waals surface area contributed by atoms with E-state index in [2.05, 4.69) is 0 Å². The molecule has 2 N–H and O–H groups in total. The van der Waals surface area contributed by atoms with Gasteiger partial charge in [0, 0.05) is 17.6 Å². The molecule has 20 heavy (non-hydrogen) atoms.